The van der Waals surface area contributed by atoms with Crippen LogP contribution in [-0.2, 0) is 18.4 Å². The normalized spacial score (nSPS) is 13.1. The van der Waals surface area contributed by atoms with Crippen molar-refractivity contribution in [3.63, 3.8) is 0 Å². The Kier molecular flexibility index (Phi) is 5.99. The quantitative estimate of drug-likeness (QED) is 0.423. The Morgan fingerprint density at radius 2 is 1.53 bits per heavy atom. The number of para-hydroxylation sites is 1. The molecule has 0 bridgehead atoms. The molecule has 0 aliphatic heterocycles. The summed E-state index contributed by atoms with van der Waals surface area (Å²) in [5, 5.41) is 4.34. The Morgan fingerprint density at radius 1 is 0.900 bits per heavy atom. The molecule has 1 aromatic heterocycles. The van der Waals surface area contributed by atoms with E-state index in [-0.39, 0.29) is 17.7 Å². The van der Waals surface area contributed by atoms with Gasteiger partial charge in [-0.05, 0) is 28.7 Å². The molecule has 0 saturated heterocycles. The zero-order valence-corrected chi connectivity index (χ0v) is 17.6. The molecule has 0 aliphatic carbocycles. The first kappa shape index (κ1) is 20.0. The lowest BCUT2D eigenvalue weighted by atomic mass is 9.80. The fourth-order valence-corrected chi connectivity index (χ4v) is 4.28. The minimum Gasteiger partial charge on any atom is -0.352 e. The maximum Gasteiger partial charge on any atom is 0.220 e. The molecule has 1 amide bonds. The number of carbonyl (C=O) groups excluding carboxylic acids is 1. The van der Waals surface area contributed by atoms with Gasteiger partial charge >= 0.3 is 0 Å². The van der Waals surface area contributed by atoms with Crippen LogP contribution in [0.1, 0.15) is 41.9 Å². The summed E-state index contributed by atoms with van der Waals surface area (Å²) in [4.78, 5) is 13.0. The monoisotopic (exact) mass is 396 g/mol. The van der Waals surface area contributed by atoms with E-state index in [2.05, 4.69) is 78.6 Å². The number of aromatic nitrogens is 1. The highest BCUT2D eigenvalue weighted by molar-refractivity contribution is 5.86. The van der Waals surface area contributed by atoms with Gasteiger partial charge in [-0.3, -0.25) is 4.79 Å². The topological polar surface area (TPSA) is 34.0 Å². The van der Waals surface area contributed by atoms with Crippen LogP contribution in [0.4, 0.5) is 0 Å². The standard InChI is InChI=1S/C27H28N2O/c1-20(22-13-7-4-8-14-22)24(17-27(30)28-18-21-11-5-3-6-12-21)25-19-29(2)26-16-10-9-15-23(25)26/h3-16,19-20,24H,17-18H2,1-2H3,(H,28,30). The van der Waals surface area contributed by atoms with E-state index in [9.17, 15) is 4.79 Å². The molecule has 3 aromatic carbocycles. The summed E-state index contributed by atoms with van der Waals surface area (Å²) in [5.74, 6) is 0.397. The number of hydrogen-bond donors (Lipinski definition) is 1. The zero-order valence-electron chi connectivity index (χ0n) is 17.6. The van der Waals surface area contributed by atoms with E-state index < -0.39 is 0 Å². The van der Waals surface area contributed by atoms with Gasteiger partial charge in [-0.25, -0.2) is 0 Å². The Hall–Kier alpha value is -3.33. The van der Waals surface area contributed by atoms with Crippen LogP contribution in [-0.4, -0.2) is 10.5 Å². The molecule has 3 nitrogen and oxygen atoms in total. The molecule has 30 heavy (non-hydrogen) atoms. The highest BCUT2D eigenvalue weighted by atomic mass is 16.1. The van der Waals surface area contributed by atoms with Crippen LogP contribution in [0.2, 0.25) is 0 Å². The van der Waals surface area contributed by atoms with Crippen molar-refractivity contribution < 1.29 is 4.79 Å². The SMILES string of the molecule is CC(c1ccccc1)C(CC(=O)NCc1ccccc1)c1cn(C)c2ccccc12. The van der Waals surface area contributed by atoms with Crippen molar-refractivity contribution in [3.05, 3.63) is 108 Å². The van der Waals surface area contributed by atoms with Gasteiger partial charge in [0.15, 0.2) is 0 Å². The molecule has 2 unspecified atom stereocenters. The molecule has 0 fully saturated rings. The summed E-state index contributed by atoms with van der Waals surface area (Å²) < 4.78 is 2.16. The van der Waals surface area contributed by atoms with E-state index in [0.29, 0.717) is 13.0 Å². The molecule has 152 valence electrons. The van der Waals surface area contributed by atoms with Gasteiger partial charge in [-0.2, -0.15) is 0 Å². The highest BCUT2D eigenvalue weighted by Crippen LogP contribution is 2.39. The van der Waals surface area contributed by atoms with E-state index in [1.165, 1.54) is 22.0 Å². The number of aryl methyl sites for hydroxylation is 1. The Labute approximate surface area is 178 Å². The molecule has 0 spiro atoms. The highest BCUT2D eigenvalue weighted by Gasteiger charge is 2.26. The summed E-state index contributed by atoms with van der Waals surface area (Å²) in [6.45, 7) is 2.79. The summed E-state index contributed by atoms with van der Waals surface area (Å²) in [5.41, 5.74) is 4.80. The molecule has 1 N–H and O–H groups in total. The predicted octanol–water partition coefficient (Wildman–Crippen LogP) is 5.77. The van der Waals surface area contributed by atoms with Crippen molar-refractivity contribution in [2.45, 2.75) is 31.7 Å². The van der Waals surface area contributed by atoms with Crippen molar-refractivity contribution in [1.82, 2.24) is 9.88 Å². The average molecular weight is 397 g/mol. The van der Waals surface area contributed by atoms with E-state index >= 15 is 0 Å². The molecular formula is C27H28N2O. The molecule has 0 aliphatic rings. The van der Waals surface area contributed by atoms with E-state index in [0.717, 1.165) is 5.56 Å². The van der Waals surface area contributed by atoms with E-state index in [4.69, 9.17) is 0 Å². The Bertz CT molecular complexity index is 1120. The first-order valence-corrected chi connectivity index (χ1v) is 10.5. The summed E-state index contributed by atoms with van der Waals surface area (Å²) in [6.07, 6.45) is 2.65. The number of rotatable bonds is 7. The second-order valence-corrected chi connectivity index (χ2v) is 7.98. The molecule has 2 atom stereocenters. The van der Waals surface area contributed by atoms with Gasteiger partial charge in [-0.15, -0.1) is 0 Å². The minimum atomic E-state index is 0.0829. The minimum absolute atomic E-state index is 0.0829. The molecular weight excluding hydrogens is 368 g/mol. The van der Waals surface area contributed by atoms with Gasteiger partial charge < -0.3 is 9.88 Å². The summed E-state index contributed by atoms with van der Waals surface area (Å²) in [7, 11) is 2.07. The fraction of sp³-hybridized carbons (Fsp3) is 0.222. The van der Waals surface area contributed by atoms with Crippen LogP contribution < -0.4 is 5.32 Å². The molecule has 0 saturated carbocycles. The van der Waals surface area contributed by atoms with Gasteiger partial charge in [0, 0.05) is 43.0 Å². The second-order valence-electron chi connectivity index (χ2n) is 7.98. The smallest absolute Gasteiger partial charge is 0.220 e. The lowest BCUT2D eigenvalue weighted by molar-refractivity contribution is -0.121. The fourth-order valence-electron chi connectivity index (χ4n) is 4.28. The third kappa shape index (κ3) is 4.30. The lowest BCUT2D eigenvalue weighted by Gasteiger charge is -2.24. The molecule has 0 radical (unpaired) electrons. The maximum absolute atomic E-state index is 13.0. The van der Waals surface area contributed by atoms with Crippen molar-refractivity contribution in [3.8, 4) is 0 Å². The lowest BCUT2D eigenvalue weighted by Crippen LogP contribution is -2.26. The first-order valence-electron chi connectivity index (χ1n) is 10.5. The van der Waals surface area contributed by atoms with Gasteiger partial charge in [0.25, 0.3) is 0 Å². The van der Waals surface area contributed by atoms with Crippen LogP contribution >= 0.6 is 0 Å². The largest absolute Gasteiger partial charge is 0.352 e. The predicted molar refractivity (Wildman–Crippen MR) is 123 cm³/mol. The molecule has 4 aromatic rings. The van der Waals surface area contributed by atoms with Gasteiger partial charge in [0.2, 0.25) is 5.91 Å². The van der Waals surface area contributed by atoms with E-state index in [1.54, 1.807) is 0 Å². The van der Waals surface area contributed by atoms with Gasteiger partial charge in [-0.1, -0.05) is 85.8 Å². The van der Waals surface area contributed by atoms with Gasteiger partial charge in [0.05, 0.1) is 0 Å². The Morgan fingerprint density at radius 3 is 2.27 bits per heavy atom. The molecule has 1 heterocycles. The second kappa shape index (κ2) is 9.00. The maximum atomic E-state index is 13.0. The van der Waals surface area contributed by atoms with E-state index in [1.807, 2.05) is 36.4 Å². The number of nitrogens with zero attached hydrogens (tertiary/aromatic N) is 1. The van der Waals surface area contributed by atoms with Crippen LogP contribution in [0.5, 0.6) is 0 Å². The summed E-state index contributed by atoms with van der Waals surface area (Å²) in [6, 6.07) is 29.0. The number of fused-ring (bicyclic) bond motifs is 1. The third-order valence-electron chi connectivity index (χ3n) is 5.99. The number of nitrogens with one attached hydrogen (secondary N) is 1. The van der Waals surface area contributed by atoms with Crippen molar-refractivity contribution >= 4 is 16.8 Å². The number of benzene rings is 3. The van der Waals surface area contributed by atoms with Crippen molar-refractivity contribution in [2.24, 2.45) is 7.05 Å². The number of amides is 1. The summed E-state index contributed by atoms with van der Waals surface area (Å²) >= 11 is 0. The van der Waals surface area contributed by atoms with Crippen LogP contribution in [0.3, 0.4) is 0 Å². The van der Waals surface area contributed by atoms with Gasteiger partial charge in [0.1, 0.15) is 0 Å². The van der Waals surface area contributed by atoms with Crippen molar-refractivity contribution in [2.75, 3.05) is 0 Å². The number of hydrogen-bond acceptors (Lipinski definition) is 1. The zero-order chi connectivity index (χ0) is 20.9. The first-order chi connectivity index (χ1) is 14.6. The number of carbonyl (C=O) groups is 1. The molecule has 3 heteroatoms. The Balaban J connectivity index is 1.62. The van der Waals surface area contributed by atoms with Crippen LogP contribution in [0.15, 0.2) is 91.1 Å². The average Bonchev–Trinajstić information content (AvgIpc) is 3.13. The molecule has 4 rings (SSSR count). The van der Waals surface area contributed by atoms with Crippen molar-refractivity contribution in [1.29, 1.82) is 0 Å². The third-order valence-corrected chi connectivity index (χ3v) is 5.99. The van der Waals surface area contributed by atoms with Crippen LogP contribution in [0.25, 0.3) is 10.9 Å². The van der Waals surface area contributed by atoms with Crippen LogP contribution in [0, 0.1) is 0 Å².